The Morgan fingerprint density at radius 2 is 1.93 bits per heavy atom. The number of pyridine rings is 1. The highest BCUT2D eigenvalue weighted by molar-refractivity contribution is 6.01. The van der Waals surface area contributed by atoms with Crippen LogP contribution in [0.4, 0.5) is 4.39 Å². The lowest BCUT2D eigenvalue weighted by Gasteiger charge is -2.21. The van der Waals surface area contributed by atoms with Crippen molar-refractivity contribution in [3.63, 3.8) is 0 Å². The maximum absolute atomic E-state index is 14.4. The van der Waals surface area contributed by atoms with Gasteiger partial charge in [-0.25, -0.2) is 13.9 Å². The minimum atomic E-state index is -0.647. The molecule has 9 nitrogen and oxygen atoms in total. The van der Waals surface area contributed by atoms with Crippen LogP contribution in [0.2, 0.25) is 0 Å². The molecule has 202 valence electrons. The van der Waals surface area contributed by atoms with Gasteiger partial charge in [0.25, 0.3) is 11.5 Å². The first-order valence-electron chi connectivity index (χ1n) is 12.9. The van der Waals surface area contributed by atoms with E-state index in [0.717, 1.165) is 0 Å². The molecule has 0 fully saturated rings. The maximum atomic E-state index is 14.4. The number of fused-ring (bicyclic) bond motifs is 2. The number of amides is 1. The summed E-state index contributed by atoms with van der Waals surface area (Å²) in [5.41, 5.74) is 2.94. The minimum Gasteiger partial charge on any atom is -0.344 e. The largest absolute Gasteiger partial charge is 0.344 e. The van der Waals surface area contributed by atoms with E-state index < -0.39 is 17.8 Å². The van der Waals surface area contributed by atoms with Gasteiger partial charge in [-0.05, 0) is 55.6 Å². The van der Waals surface area contributed by atoms with E-state index in [4.69, 9.17) is 0 Å². The van der Waals surface area contributed by atoms with Crippen LogP contribution in [0.1, 0.15) is 45.8 Å². The Morgan fingerprint density at radius 3 is 2.71 bits per heavy atom. The number of rotatable bonds is 4. The number of carbonyl (C=O) groups is 1. The summed E-state index contributed by atoms with van der Waals surface area (Å²) in [5, 5.41) is 12.5. The fourth-order valence-corrected chi connectivity index (χ4v) is 4.92. The lowest BCUT2D eigenvalue weighted by Crippen LogP contribution is -2.32. The number of nitrogens with zero attached hydrogens (tertiary/aromatic N) is 6. The van der Waals surface area contributed by atoms with Gasteiger partial charge in [0.1, 0.15) is 11.4 Å². The van der Waals surface area contributed by atoms with Gasteiger partial charge in [-0.15, -0.1) is 0 Å². The van der Waals surface area contributed by atoms with Crippen molar-refractivity contribution in [3.05, 3.63) is 124 Å². The van der Waals surface area contributed by atoms with Crippen LogP contribution in [0, 0.1) is 24.6 Å². The van der Waals surface area contributed by atoms with Crippen LogP contribution in [-0.4, -0.2) is 34.9 Å². The molecule has 1 N–H and O–H groups in total. The van der Waals surface area contributed by atoms with Gasteiger partial charge in [0.15, 0.2) is 5.65 Å². The average molecular weight is 546 g/mol. The quantitative estimate of drug-likeness (QED) is 0.336. The predicted molar refractivity (Wildman–Crippen MR) is 152 cm³/mol. The molecule has 4 aromatic heterocycles. The molecule has 0 aliphatic rings. The van der Waals surface area contributed by atoms with Crippen molar-refractivity contribution in [3.8, 4) is 17.5 Å². The summed E-state index contributed by atoms with van der Waals surface area (Å²) in [5.74, 6) is 5.27. The number of carbonyl (C=O) groups excluding carboxylic acids is 1. The molecule has 6 rings (SSSR count). The zero-order chi connectivity index (χ0) is 28.7. The molecule has 1 amide bonds. The smallest absolute Gasteiger partial charge is 0.264 e. The summed E-state index contributed by atoms with van der Waals surface area (Å²) < 4.78 is 19.0. The first kappa shape index (κ1) is 25.7. The Hall–Kier alpha value is -5.56. The predicted octanol–water partition coefficient (Wildman–Crippen LogP) is 4.11. The highest BCUT2D eigenvalue weighted by Gasteiger charge is 2.23. The number of benzene rings is 2. The minimum absolute atomic E-state index is 0.330. The fraction of sp³-hybridized carbons (Fsp3) is 0.129. The summed E-state index contributed by atoms with van der Waals surface area (Å²) in [6, 6.07) is 14.1. The van der Waals surface area contributed by atoms with Gasteiger partial charge in [0, 0.05) is 36.9 Å². The van der Waals surface area contributed by atoms with E-state index in [1.807, 2.05) is 18.2 Å². The standard InChI is InChI=1S/C31H24FN7O2/c1-19(35-30(40)27-20(2)36-38-14-6-13-33-29(27)38)26-15-23-8-4-7-22(12-11-21-17-34-37(3)18-21)28(23)31(41)39(26)25-10-5-9-24(32)16-25/h4-10,13-19H,1-3H3,(H,35,40)/t19-/m1/s1. The van der Waals surface area contributed by atoms with Gasteiger partial charge in [-0.2, -0.15) is 10.2 Å². The van der Waals surface area contributed by atoms with Crippen LogP contribution in [-0.2, 0) is 7.05 Å². The van der Waals surface area contributed by atoms with Crippen LogP contribution < -0.4 is 10.9 Å². The van der Waals surface area contributed by atoms with Gasteiger partial charge in [-0.1, -0.05) is 30.0 Å². The molecule has 41 heavy (non-hydrogen) atoms. The summed E-state index contributed by atoms with van der Waals surface area (Å²) in [4.78, 5) is 31.9. The SMILES string of the molecule is Cc1nn2cccnc2c1C(=O)N[C@H](C)c1cc2cccc(C#Cc3cnn(C)c3)c2c(=O)n1-c1cccc(F)c1. The molecule has 10 heteroatoms. The van der Waals surface area contributed by atoms with Gasteiger partial charge in [-0.3, -0.25) is 18.8 Å². The van der Waals surface area contributed by atoms with Crippen LogP contribution in [0.5, 0.6) is 0 Å². The molecule has 1 atom stereocenters. The van der Waals surface area contributed by atoms with Gasteiger partial charge in [0.2, 0.25) is 0 Å². The second-order valence-corrected chi connectivity index (χ2v) is 9.66. The lowest BCUT2D eigenvalue weighted by molar-refractivity contribution is 0.0939. The van der Waals surface area contributed by atoms with Crippen LogP contribution >= 0.6 is 0 Å². The number of nitrogens with one attached hydrogen (secondary N) is 1. The van der Waals surface area contributed by atoms with Crippen LogP contribution in [0.15, 0.2) is 84.2 Å². The molecule has 0 aliphatic heterocycles. The number of aryl methyl sites for hydroxylation is 2. The summed E-state index contributed by atoms with van der Waals surface area (Å²) in [6.45, 7) is 3.51. The van der Waals surface area contributed by atoms with Crippen LogP contribution in [0.3, 0.4) is 0 Å². The Bertz CT molecular complexity index is 2100. The Morgan fingerprint density at radius 1 is 1.10 bits per heavy atom. The second-order valence-electron chi connectivity index (χ2n) is 9.66. The topological polar surface area (TPSA) is 99.1 Å². The summed E-state index contributed by atoms with van der Waals surface area (Å²) >= 11 is 0. The van der Waals surface area contributed by atoms with E-state index in [0.29, 0.717) is 50.2 Å². The van der Waals surface area contributed by atoms with E-state index in [1.54, 1.807) is 73.1 Å². The molecule has 0 saturated carbocycles. The Labute approximate surface area is 233 Å². The summed E-state index contributed by atoms with van der Waals surface area (Å²) in [7, 11) is 1.80. The van der Waals surface area contributed by atoms with E-state index in [-0.39, 0.29) is 5.56 Å². The van der Waals surface area contributed by atoms with Crippen molar-refractivity contribution in [1.29, 1.82) is 0 Å². The first-order chi connectivity index (χ1) is 19.8. The molecule has 6 aromatic rings. The third-order valence-electron chi connectivity index (χ3n) is 6.78. The van der Waals surface area contributed by atoms with E-state index in [1.165, 1.54) is 22.8 Å². The molecule has 0 aliphatic carbocycles. The number of hydrogen-bond donors (Lipinski definition) is 1. The van der Waals surface area contributed by atoms with Crippen molar-refractivity contribution in [2.75, 3.05) is 0 Å². The van der Waals surface area contributed by atoms with E-state index in [2.05, 4.69) is 32.3 Å². The van der Waals surface area contributed by atoms with E-state index in [9.17, 15) is 14.0 Å². The fourth-order valence-electron chi connectivity index (χ4n) is 4.92. The second kappa shape index (κ2) is 10.2. The van der Waals surface area contributed by atoms with Gasteiger partial charge < -0.3 is 5.32 Å². The van der Waals surface area contributed by atoms with Crippen LogP contribution in [0.25, 0.3) is 22.1 Å². The maximum Gasteiger partial charge on any atom is 0.264 e. The van der Waals surface area contributed by atoms with Crippen molar-refractivity contribution in [1.82, 2.24) is 34.3 Å². The van der Waals surface area contributed by atoms with Gasteiger partial charge in [0.05, 0.1) is 34.6 Å². The molecule has 0 spiro atoms. The monoisotopic (exact) mass is 545 g/mol. The number of halogens is 1. The zero-order valence-electron chi connectivity index (χ0n) is 22.5. The van der Waals surface area contributed by atoms with Crippen molar-refractivity contribution >= 4 is 22.3 Å². The Kier molecular flexibility index (Phi) is 6.40. The molecule has 0 bridgehead atoms. The molecule has 4 heterocycles. The zero-order valence-corrected chi connectivity index (χ0v) is 22.5. The lowest BCUT2D eigenvalue weighted by atomic mass is 10.0. The Balaban J connectivity index is 1.49. The normalized spacial score (nSPS) is 11.8. The van der Waals surface area contributed by atoms with E-state index >= 15 is 0 Å². The molecule has 0 radical (unpaired) electrons. The highest BCUT2D eigenvalue weighted by Crippen LogP contribution is 2.24. The number of aromatic nitrogens is 6. The molecular weight excluding hydrogens is 521 g/mol. The highest BCUT2D eigenvalue weighted by atomic mass is 19.1. The summed E-state index contributed by atoms with van der Waals surface area (Å²) in [6.07, 6.45) is 6.74. The first-order valence-corrected chi connectivity index (χ1v) is 12.9. The van der Waals surface area contributed by atoms with Crippen molar-refractivity contribution in [2.45, 2.75) is 19.9 Å². The van der Waals surface area contributed by atoms with Gasteiger partial charge >= 0.3 is 0 Å². The average Bonchev–Trinajstić information content (AvgIpc) is 3.52. The number of hydrogen-bond acceptors (Lipinski definition) is 5. The molecule has 0 saturated heterocycles. The third-order valence-corrected chi connectivity index (χ3v) is 6.78. The molecular formula is C31H24FN7O2. The van der Waals surface area contributed by atoms with Crippen molar-refractivity contribution < 1.29 is 9.18 Å². The molecule has 0 unspecified atom stereocenters. The third kappa shape index (κ3) is 4.74. The molecule has 2 aromatic carbocycles. The van der Waals surface area contributed by atoms with Crippen molar-refractivity contribution in [2.24, 2.45) is 7.05 Å².